The zero-order valence-corrected chi connectivity index (χ0v) is 21.8. The first-order valence-corrected chi connectivity index (χ1v) is 14.9. The Bertz CT molecular complexity index is 312. The van der Waals surface area contributed by atoms with Crippen LogP contribution in [-0.4, -0.2) is 6.29 Å². The van der Waals surface area contributed by atoms with E-state index in [4.69, 9.17) is 0 Å². The highest BCUT2D eigenvalue weighted by atomic mass is 16.1. The standard InChI is InChI=1S/C30H60O/c1-2-3-4-5-6-7-8-9-10-11-12-13-14-15-16-17-18-19-20-21-22-23-24-25-26-27-28-29-30-31/h30H,2-29H2,1H3. The molecular formula is C30H60O. The molecule has 0 aliphatic carbocycles. The second-order valence-corrected chi connectivity index (χ2v) is 10.1. The maximum atomic E-state index is 10.2. The molecule has 186 valence electrons. The first-order valence-electron chi connectivity index (χ1n) is 14.9. The molecule has 0 aliphatic rings. The number of hydrogen-bond acceptors (Lipinski definition) is 1. The number of carbonyl (C=O) groups is 1. The minimum absolute atomic E-state index is 0.763. The molecule has 0 atom stereocenters. The molecule has 0 bridgehead atoms. The van der Waals surface area contributed by atoms with E-state index < -0.39 is 0 Å². The molecule has 0 aromatic rings. The average molecular weight is 437 g/mol. The van der Waals surface area contributed by atoms with Crippen molar-refractivity contribution in [1.29, 1.82) is 0 Å². The normalized spacial score (nSPS) is 11.3. The third-order valence-electron chi connectivity index (χ3n) is 6.93. The quantitative estimate of drug-likeness (QED) is 0.0880. The van der Waals surface area contributed by atoms with Gasteiger partial charge >= 0.3 is 0 Å². The van der Waals surface area contributed by atoms with Gasteiger partial charge < -0.3 is 4.79 Å². The third-order valence-corrected chi connectivity index (χ3v) is 6.93. The van der Waals surface area contributed by atoms with E-state index in [0.29, 0.717) is 0 Å². The van der Waals surface area contributed by atoms with Gasteiger partial charge in [-0.25, -0.2) is 0 Å². The number of aldehydes is 1. The molecule has 0 rings (SSSR count). The second-order valence-electron chi connectivity index (χ2n) is 10.1. The van der Waals surface area contributed by atoms with E-state index in [1.807, 2.05) is 0 Å². The van der Waals surface area contributed by atoms with E-state index in [1.165, 1.54) is 167 Å². The van der Waals surface area contributed by atoms with Crippen LogP contribution in [0.2, 0.25) is 0 Å². The van der Waals surface area contributed by atoms with Crippen molar-refractivity contribution in [1.82, 2.24) is 0 Å². The zero-order valence-electron chi connectivity index (χ0n) is 21.8. The van der Waals surface area contributed by atoms with E-state index in [-0.39, 0.29) is 0 Å². The molecule has 0 fully saturated rings. The molecule has 0 amide bonds. The van der Waals surface area contributed by atoms with Gasteiger partial charge in [0.2, 0.25) is 0 Å². The highest BCUT2D eigenvalue weighted by molar-refractivity contribution is 5.48. The Morgan fingerprint density at radius 3 is 0.710 bits per heavy atom. The number of hydrogen-bond donors (Lipinski definition) is 0. The fourth-order valence-electron chi connectivity index (χ4n) is 4.72. The maximum Gasteiger partial charge on any atom is 0.119 e. The molecular weight excluding hydrogens is 376 g/mol. The van der Waals surface area contributed by atoms with Crippen molar-refractivity contribution in [3.8, 4) is 0 Å². The Balaban J connectivity index is 2.98. The molecule has 0 spiro atoms. The van der Waals surface area contributed by atoms with Crippen molar-refractivity contribution in [3.05, 3.63) is 0 Å². The molecule has 0 radical (unpaired) electrons. The lowest BCUT2D eigenvalue weighted by Gasteiger charge is -2.04. The molecule has 0 aromatic carbocycles. The first kappa shape index (κ1) is 30.7. The van der Waals surface area contributed by atoms with Crippen LogP contribution in [0.25, 0.3) is 0 Å². The summed E-state index contributed by atoms with van der Waals surface area (Å²) in [5.74, 6) is 0. The minimum atomic E-state index is 0.763. The Labute approximate surface area is 197 Å². The van der Waals surface area contributed by atoms with Crippen molar-refractivity contribution >= 4 is 6.29 Å². The number of rotatable bonds is 28. The summed E-state index contributed by atoms with van der Waals surface area (Å²) in [6.07, 6.45) is 40.5. The van der Waals surface area contributed by atoms with Crippen molar-refractivity contribution in [2.45, 2.75) is 187 Å². The highest BCUT2D eigenvalue weighted by Crippen LogP contribution is 2.16. The SMILES string of the molecule is CCCCCCCCCCCCCCCCCCCCCCCCCCCCCC=O. The second kappa shape index (κ2) is 29.7. The molecule has 0 aliphatic heterocycles. The zero-order chi connectivity index (χ0) is 22.5. The molecule has 0 saturated carbocycles. The Kier molecular flexibility index (Phi) is 29.4. The van der Waals surface area contributed by atoms with Crippen LogP contribution in [0.5, 0.6) is 0 Å². The summed E-state index contributed by atoms with van der Waals surface area (Å²) in [6.45, 7) is 2.30. The van der Waals surface area contributed by atoms with Gasteiger partial charge in [0.15, 0.2) is 0 Å². The largest absolute Gasteiger partial charge is 0.303 e. The topological polar surface area (TPSA) is 17.1 Å². The van der Waals surface area contributed by atoms with Crippen LogP contribution >= 0.6 is 0 Å². The summed E-state index contributed by atoms with van der Waals surface area (Å²) in [5, 5.41) is 0. The van der Waals surface area contributed by atoms with Crippen LogP contribution in [-0.2, 0) is 4.79 Å². The summed E-state index contributed by atoms with van der Waals surface area (Å²) in [6, 6.07) is 0. The van der Waals surface area contributed by atoms with Crippen LogP contribution < -0.4 is 0 Å². The predicted molar refractivity (Wildman–Crippen MR) is 141 cm³/mol. The molecule has 0 heterocycles. The van der Waals surface area contributed by atoms with Gasteiger partial charge in [-0.1, -0.05) is 174 Å². The fourth-order valence-corrected chi connectivity index (χ4v) is 4.72. The van der Waals surface area contributed by atoms with Crippen molar-refractivity contribution in [2.75, 3.05) is 0 Å². The summed E-state index contributed by atoms with van der Waals surface area (Å²) < 4.78 is 0. The maximum absolute atomic E-state index is 10.2. The van der Waals surface area contributed by atoms with Gasteiger partial charge in [0.1, 0.15) is 6.29 Å². The van der Waals surface area contributed by atoms with Gasteiger partial charge in [0.05, 0.1) is 0 Å². The van der Waals surface area contributed by atoms with Crippen LogP contribution in [0.4, 0.5) is 0 Å². The van der Waals surface area contributed by atoms with Gasteiger partial charge in [-0.05, 0) is 6.42 Å². The summed E-state index contributed by atoms with van der Waals surface area (Å²) in [5.41, 5.74) is 0. The monoisotopic (exact) mass is 436 g/mol. The smallest absolute Gasteiger partial charge is 0.119 e. The third kappa shape index (κ3) is 29.7. The van der Waals surface area contributed by atoms with Gasteiger partial charge in [0, 0.05) is 6.42 Å². The molecule has 0 unspecified atom stereocenters. The molecule has 1 heteroatoms. The lowest BCUT2D eigenvalue weighted by atomic mass is 10.0. The molecule has 1 nitrogen and oxygen atoms in total. The Hall–Kier alpha value is -0.330. The Morgan fingerprint density at radius 2 is 0.516 bits per heavy atom. The molecule has 0 aromatic heterocycles. The van der Waals surface area contributed by atoms with Gasteiger partial charge in [-0.2, -0.15) is 0 Å². The van der Waals surface area contributed by atoms with Crippen LogP contribution in [0.15, 0.2) is 0 Å². The first-order chi connectivity index (χ1) is 15.4. The highest BCUT2D eigenvalue weighted by Gasteiger charge is 1.96. The van der Waals surface area contributed by atoms with Gasteiger partial charge in [-0.15, -0.1) is 0 Å². The predicted octanol–water partition coefficient (Wildman–Crippen LogP) is 11.1. The summed E-state index contributed by atoms with van der Waals surface area (Å²) in [4.78, 5) is 10.2. The number of unbranched alkanes of at least 4 members (excludes halogenated alkanes) is 27. The van der Waals surface area contributed by atoms with Crippen LogP contribution in [0.1, 0.15) is 187 Å². The summed E-state index contributed by atoms with van der Waals surface area (Å²) in [7, 11) is 0. The average Bonchev–Trinajstić information content (AvgIpc) is 2.78. The van der Waals surface area contributed by atoms with E-state index in [1.54, 1.807) is 0 Å². The lowest BCUT2D eigenvalue weighted by molar-refractivity contribution is -0.107. The van der Waals surface area contributed by atoms with E-state index in [2.05, 4.69) is 6.92 Å². The molecule has 0 N–H and O–H groups in total. The number of carbonyl (C=O) groups excluding carboxylic acids is 1. The van der Waals surface area contributed by atoms with E-state index in [0.717, 1.165) is 19.1 Å². The lowest BCUT2D eigenvalue weighted by Crippen LogP contribution is -1.85. The van der Waals surface area contributed by atoms with E-state index >= 15 is 0 Å². The van der Waals surface area contributed by atoms with E-state index in [9.17, 15) is 4.79 Å². The summed E-state index contributed by atoms with van der Waals surface area (Å²) >= 11 is 0. The Morgan fingerprint density at radius 1 is 0.323 bits per heavy atom. The van der Waals surface area contributed by atoms with Crippen molar-refractivity contribution < 1.29 is 4.79 Å². The van der Waals surface area contributed by atoms with Crippen LogP contribution in [0, 0.1) is 0 Å². The van der Waals surface area contributed by atoms with Gasteiger partial charge in [0.25, 0.3) is 0 Å². The van der Waals surface area contributed by atoms with Crippen LogP contribution in [0.3, 0.4) is 0 Å². The van der Waals surface area contributed by atoms with Gasteiger partial charge in [-0.3, -0.25) is 0 Å². The molecule has 31 heavy (non-hydrogen) atoms. The van der Waals surface area contributed by atoms with Crippen molar-refractivity contribution in [2.24, 2.45) is 0 Å². The molecule has 0 saturated heterocycles. The fraction of sp³-hybridized carbons (Fsp3) is 0.967. The minimum Gasteiger partial charge on any atom is -0.303 e. The van der Waals surface area contributed by atoms with Crippen molar-refractivity contribution in [3.63, 3.8) is 0 Å².